The zero-order valence-corrected chi connectivity index (χ0v) is 9.99. The fourth-order valence-electron chi connectivity index (χ4n) is 2.14. The highest BCUT2D eigenvalue weighted by atomic mass is 16.5. The molecule has 90 valence electrons. The minimum atomic E-state index is -0.335. The van der Waals surface area contributed by atoms with Crippen molar-refractivity contribution < 1.29 is 9.53 Å². The van der Waals surface area contributed by atoms with Gasteiger partial charge in [-0.15, -0.1) is 0 Å². The highest BCUT2D eigenvalue weighted by Gasteiger charge is 2.18. The molecule has 4 heteroatoms. The summed E-state index contributed by atoms with van der Waals surface area (Å²) in [5.41, 5.74) is 9.10. The van der Waals surface area contributed by atoms with E-state index in [2.05, 4.69) is 9.72 Å². The lowest BCUT2D eigenvalue weighted by Crippen LogP contribution is -2.16. The van der Waals surface area contributed by atoms with Crippen molar-refractivity contribution >= 4 is 16.9 Å². The number of nitrogens with two attached hydrogens (primary N) is 1. The van der Waals surface area contributed by atoms with Crippen LogP contribution in [0.15, 0.2) is 24.3 Å². The molecular formula is C13H16N2O2. The Bertz CT molecular complexity index is 545. The van der Waals surface area contributed by atoms with Crippen LogP contribution in [0.2, 0.25) is 0 Å². The molecule has 1 unspecified atom stereocenters. The zero-order valence-electron chi connectivity index (χ0n) is 9.99. The molecule has 1 atom stereocenters. The number of hydrogen-bond donors (Lipinski definition) is 2. The third-order valence-corrected chi connectivity index (χ3v) is 2.93. The van der Waals surface area contributed by atoms with Crippen LogP contribution in [0.5, 0.6) is 0 Å². The molecule has 0 fully saturated rings. The first-order chi connectivity index (χ1) is 8.13. The molecule has 0 saturated heterocycles. The topological polar surface area (TPSA) is 68.1 Å². The molecule has 1 aromatic heterocycles. The summed E-state index contributed by atoms with van der Waals surface area (Å²) in [5.74, 6) is -0.290. The number of nitrogens with one attached hydrogen (secondary N) is 1. The van der Waals surface area contributed by atoms with Crippen LogP contribution in [0.25, 0.3) is 10.9 Å². The van der Waals surface area contributed by atoms with E-state index < -0.39 is 0 Å². The predicted octanol–water partition coefficient (Wildman–Crippen LogP) is 2.04. The van der Waals surface area contributed by atoms with E-state index >= 15 is 0 Å². The highest BCUT2D eigenvalue weighted by molar-refractivity contribution is 5.85. The van der Waals surface area contributed by atoms with Crippen molar-refractivity contribution in [2.45, 2.75) is 19.4 Å². The number of H-pyrrole nitrogens is 1. The van der Waals surface area contributed by atoms with Gasteiger partial charge < -0.3 is 15.5 Å². The summed E-state index contributed by atoms with van der Waals surface area (Å²) < 4.78 is 4.64. The van der Waals surface area contributed by atoms with Crippen LogP contribution in [-0.2, 0) is 9.53 Å². The van der Waals surface area contributed by atoms with E-state index in [1.165, 1.54) is 7.11 Å². The molecule has 2 aromatic rings. The summed E-state index contributed by atoms with van der Waals surface area (Å²) in [6.45, 7) is 1.96. The van der Waals surface area contributed by atoms with Gasteiger partial charge in [-0.25, -0.2) is 0 Å². The van der Waals surface area contributed by atoms with E-state index in [4.69, 9.17) is 5.73 Å². The largest absolute Gasteiger partial charge is 0.469 e. The number of carbonyl (C=O) groups excluding carboxylic acids is 1. The van der Waals surface area contributed by atoms with Gasteiger partial charge in [0.05, 0.1) is 13.5 Å². The summed E-state index contributed by atoms with van der Waals surface area (Å²) in [5, 5.41) is 1.07. The molecule has 0 bridgehead atoms. The molecule has 1 aromatic carbocycles. The van der Waals surface area contributed by atoms with Crippen LogP contribution in [-0.4, -0.2) is 18.1 Å². The first-order valence-corrected chi connectivity index (χ1v) is 5.53. The number of benzene rings is 1. The first-order valence-electron chi connectivity index (χ1n) is 5.53. The lowest BCUT2D eigenvalue weighted by Gasteiger charge is -2.10. The minimum Gasteiger partial charge on any atom is -0.469 e. The molecule has 0 amide bonds. The number of aromatic nitrogens is 1. The average molecular weight is 232 g/mol. The maximum absolute atomic E-state index is 11.3. The summed E-state index contributed by atoms with van der Waals surface area (Å²) >= 11 is 0. The van der Waals surface area contributed by atoms with Crippen LogP contribution < -0.4 is 5.73 Å². The molecule has 4 nitrogen and oxygen atoms in total. The highest BCUT2D eigenvalue weighted by Crippen LogP contribution is 2.28. The van der Waals surface area contributed by atoms with Crippen molar-refractivity contribution in [3.63, 3.8) is 0 Å². The van der Waals surface area contributed by atoms with Gasteiger partial charge in [0.2, 0.25) is 0 Å². The van der Waals surface area contributed by atoms with E-state index in [0.29, 0.717) is 0 Å². The molecule has 0 radical (unpaired) electrons. The number of fused-ring (bicyclic) bond motifs is 1. The van der Waals surface area contributed by atoms with E-state index in [9.17, 15) is 4.79 Å². The summed E-state index contributed by atoms with van der Waals surface area (Å²) in [6, 6.07) is 7.60. The Hall–Kier alpha value is -1.81. The lowest BCUT2D eigenvalue weighted by atomic mass is 10.0. The molecule has 0 spiro atoms. The Balaban J connectivity index is 2.40. The van der Waals surface area contributed by atoms with Crippen LogP contribution in [0.4, 0.5) is 0 Å². The number of aromatic amines is 1. The number of methoxy groups -OCH3 is 1. The van der Waals surface area contributed by atoms with Gasteiger partial charge in [-0.1, -0.05) is 18.2 Å². The number of esters is 1. The van der Waals surface area contributed by atoms with Crippen LogP contribution >= 0.6 is 0 Å². The monoisotopic (exact) mass is 232 g/mol. The van der Waals surface area contributed by atoms with Gasteiger partial charge in [-0.2, -0.15) is 0 Å². The number of carbonyl (C=O) groups is 1. The third-order valence-electron chi connectivity index (χ3n) is 2.93. The molecule has 0 aliphatic carbocycles. The molecule has 0 aliphatic rings. The molecule has 0 saturated carbocycles. The first kappa shape index (κ1) is 11.7. The second-order valence-corrected chi connectivity index (χ2v) is 4.10. The van der Waals surface area contributed by atoms with Crippen molar-refractivity contribution in [3.8, 4) is 0 Å². The fourth-order valence-corrected chi connectivity index (χ4v) is 2.14. The number of hydrogen-bond acceptors (Lipinski definition) is 3. The molecule has 1 heterocycles. The standard InChI is InChI=1S/C13H16N2O2/c1-8-13(10(14)7-12(16)17-2)9-5-3-4-6-11(9)15-8/h3-6,10,15H,7,14H2,1-2H3. The van der Waals surface area contributed by atoms with E-state index in [0.717, 1.165) is 22.2 Å². The van der Waals surface area contributed by atoms with Gasteiger partial charge in [0.1, 0.15) is 0 Å². The maximum Gasteiger partial charge on any atom is 0.307 e. The second-order valence-electron chi connectivity index (χ2n) is 4.10. The van der Waals surface area contributed by atoms with Gasteiger partial charge in [0.25, 0.3) is 0 Å². The van der Waals surface area contributed by atoms with Crippen molar-refractivity contribution in [3.05, 3.63) is 35.5 Å². The molecule has 3 N–H and O–H groups in total. The van der Waals surface area contributed by atoms with Crippen molar-refractivity contribution in [1.29, 1.82) is 0 Å². The number of rotatable bonds is 3. The Morgan fingerprint density at radius 3 is 2.88 bits per heavy atom. The number of aryl methyl sites for hydroxylation is 1. The Kier molecular flexibility index (Phi) is 3.15. The number of para-hydroxylation sites is 1. The summed E-state index contributed by atoms with van der Waals surface area (Å²) in [4.78, 5) is 14.5. The summed E-state index contributed by atoms with van der Waals surface area (Å²) in [6.07, 6.45) is 0.194. The quantitative estimate of drug-likeness (QED) is 0.796. The van der Waals surface area contributed by atoms with E-state index in [1.54, 1.807) is 0 Å². The summed E-state index contributed by atoms with van der Waals surface area (Å²) in [7, 11) is 1.37. The van der Waals surface area contributed by atoms with Gasteiger partial charge in [-0.3, -0.25) is 4.79 Å². The fraction of sp³-hybridized carbons (Fsp3) is 0.308. The molecule has 17 heavy (non-hydrogen) atoms. The van der Waals surface area contributed by atoms with Crippen molar-refractivity contribution in [2.24, 2.45) is 5.73 Å². The smallest absolute Gasteiger partial charge is 0.307 e. The zero-order chi connectivity index (χ0) is 12.4. The Morgan fingerprint density at radius 1 is 1.47 bits per heavy atom. The van der Waals surface area contributed by atoms with Gasteiger partial charge >= 0.3 is 5.97 Å². The van der Waals surface area contributed by atoms with E-state index in [-0.39, 0.29) is 18.4 Å². The molecular weight excluding hydrogens is 216 g/mol. The van der Waals surface area contributed by atoms with Crippen LogP contribution in [0, 0.1) is 6.92 Å². The van der Waals surface area contributed by atoms with Crippen LogP contribution in [0.3, 0.4) is 0 Å². The Morgan fingerprint density at radius 2 is 2.18 bits per heavy atom. The van der Waals surface area contributed by atoms with Gasteiger partial charge in [-0.05, 0) is 18.6 Å². The van der Waals surface area contributed by atoms with Gasteiger partial charge in [0, 0.05) is 22.6 Å². The van der Waals surface area contributed by atoms with Crippen molar-refractivity contribution in [1.82, 2.24) is 4.98 Å². The average Bonchev–Trinajstić information content (AvgIpc) is 2.64. The molecule has 2 rings (SSSR count). The SMILES string of the molecule is COC(=O)CC(N)c1c(C)[nH]c2ccccc12. The Labute approximate surface area is 99.8 Å². The lowest BCUT2D eigenvalue weighted by molar-refractivity contribution is -0.141. The minimum absolute atomic E-state index is 0.194. The van der Waals surface area contributed by atoms with Crippen molar-refractivity contribution in [2.75, 3.05) is 7.11 Å². The number of ether oxygens (including phenoxy) is 1. The maximum atomic E-state index is 11.3. The van der Waals surface area contributed by atoms with Crippen LogP contribution in [0.1, 0.15) is 23.7 Å². The second kappa shape index (κ2) is 4.59. The predicted molar refractivity (Wildman–Crippen MR) is 66.6 cm³/mol. The van der Waals surface area contributed by atoms with E-state index in [1.807, 2.05) is 31.2 Å². The third kappa shape index (κ3) is 2.17. The van der Waals surface area contributed by atoms with Gasteiger partial charge in [0.15, 0.2) is 0 Å². The molecule has 0 aliphatic heterocycles. The normalized spacial score (nSPS) is 12.6.